The van der Waals surface area contributed by atoms with Gasteiger partial charge in [-0.1, -0.05) is 44.2 Å². The topological polar surface area (TPSA) is 82.6 Å². The fraction of sp³-hybridized carbons (Fsp3) is 0.375. The molecule has 1 aliphatic carbocycles. The molecule has 3 atom stereocenters. The van der Waals surface area contributed by atoms with Gasteiger partial charge in [-0.15, -0.1) is 0 Å². The molecule has 1 aromatic heterocycles. The summed E-state index contributed by atoms with van der Waals surface area (Å²) in [7, 11) is 1.56. The van der Waals surface area contributed by atoms with Gasteiger partial charge in [0.2, 0.25) is 17.7 Å². The van der Waals surface area contributed by atoms with Crippen LogP contribution < -0.4 is 5.32 Å². The zero-order valence-corrected chi connectivity index (χ0v) is 23.4. The Morgan fingerprint density at radius 3 is 2.32 bits per heavy atom. The Morgan fingerprint density at radius 1 is 1.05 bits per heavy atom. The number of fused-ring (bicyclic) bond motifs is 1. The van der Waals surface area contributed by atoms with E-state index >= 15 is 4.39 Å². The van der Waals surface area contributed by atoms with E-state index in [0.29, 0.717) is 18.9 Å². The lowest BCUT2D eigenvalue weighted by molar-refractivity contribution is -0.160. The van der Waals surface area contributed by atoms with E-state index in [9.17, 15) is 18.8 Å². The van der Waals surface area contributed by atoms with Gasteiger partial charge in [-0.05, 0) is 66.0 Å². The summed E-state index contributed by atoms with van der Waals surface area (Å²) in [6, 6.07) is 11.0. The molecule has 2 aromatic carbocycles. The maximum Gasteiger partial charge on any atom is 0.250 e. The Bertz CT molecular complexity index is 1420. The molecule has 214 valence electrons. The number of hydrogen-bond acceptors (Lipinski definition) is 4. The summed E-state index contributed by atoms with van der Waals surface area (Å²) >= 11 is 0. The minimum atomic E-state index is -1.46. The number of benzene rings is 2. The number of carbonyl (C=O) groups is 3. The number of piperazine rings is 1. The minimum absolute atomic E-state index is 0.00306. The third-order valence-corrected chi connectivity index (χ3v) is 8.02. The van der Waals surface area contributed by atoms with Gasteiger partial charge in [0.1, 0.15) is 29.8 Å². The van der Waals surface area contributed by atoms with Crippen LogP contribution in [0, 0.1) is 23.5 Å². The van der Waals surface area contributed by atoms with Crippen LogP contribution in [0.5, 0.6) is 0 Å². The van der Waals surface area contributed by atoms with Crippen LogP contribution in [0.3, 0.4) is 0 Å². The molecule has 3 amide bonds. The second-order valence-corrected chi connectivity index (χ2v) is 11.4. The summed E-state index contributed by atoms with van der Waals surface area (Å²) in [6.07, 6.45) is 4.68. The van der Waals surface area contributed by atoms with Gasteiger partial charge in [0.15, 0.2) is 0 Å². The Kier molecular flexibility index (Phi) is 8.15. The van der Waals surface area contributed by atoms with Crippen molar-refractivity contribution in [3.8, 4) is 0 Å². The van der Waals surface area contributed by atoms with Crippen molar-refractivity contribution < 1.29 is 23.2 Å². The second kappa shape index (κ2) is 11.8. The molecule has 0 saturated carbocycles. The molecule has 41 heavy (non-hydrogen) atoms. The molecule has 2 aliphatic rings. The Labute approximate surface area is 238 Å². The number of rotatable bonds is 8. The first-order valence-corrected chi connectivity index (χ1v) is 13.9. The smallest absolute Gasteiger partial charge is 0.250 e. The molecule has 2 heterocycles. The van der Waals surface area contributed by atoms with Crippen LogP contribution in [-0.4, -0.2) is 51.6 Å². The summed E-state index contributed by atoms with van der Waals surface area (Å²) in [4.78, 5) is 49.0. The van der Waals surface area contributed by atoms with Crippen molar-refractivity contribution in [1.82, 2.24) is 20.1 Å². The van der Waals surface area contributed by atoms with E-state index in [4.69, 9.17) is 0 Å². The van der Waals surface area contributed by atoms with E-state index in [1.54, 1.807) is 31.6 Å². The third-order valence-electron chi connectivity index (χ3n) is 8.02. The van der Waals surface area contributed by atoms with Crippen molar-refractivity contribution in [2.75, 3.05) is 7.05 Å². The zero-order valence-electron chi connectivity index (χ0n) is 23.4. The van der Waals surface area contributed by atoms with Gasteiger partial charge < -0.3 is 15.1 Å². The van der Waals surface area contributed by atoms with Gasteiger partial charge in [0, 0.05) is 37.6 Å². The fourth-order valence-electron chi connectivity index (χ4n) is 6.05. The van der Waals surface area contributed by atoms with E-state index in [2.05, 4.69) is 10.3 Å². The van der Waals surface area contributed by atoms with Gasteiger partial charge in [-0.3, -0.25) is 19.4 Å². The van der Waals surface area contributed by atoms with Gasteiger partial charge in [-0.2, -0.15) is 0 Å². The lowest BCUT2D eigenvalue weighted by Crippen LogP contribution is -2.67. The van der Waals surface area contributed by atoms with Gasteiger partial charge >= 0.3 is 0 Å². The highest BCUT2D eigenvalue weighted by Crippen LogP contribution is 2.36. The molecular formula is C32H34F2N4O3. The lowest BCUT2D eigenvalue weighted by Gasteiger charge is -2.45. The molecule has 1 saturated heterocycles. The number of pyridine rings is 1. The van der Waals surface area contributed by atoms with Crippen LogP contribution in [0.4, 0.5) is 8.78 Å². The number of likely N-dealkylation sites (N-methyl/N-ethyl adjacent to an activating group) is 1. The predicted octanol–water partition coefficient (Wildman–Crippen LogP) is 4.22. The summed E-state index contributed by atoms with van der Waals surface area (Å²) in [5, 5.41) is 2.95. The minimum Gasteiger partial charge on any atom is -0.342 e. The van der Waals surface area contributed by atoms with Crippen molar-refractivity contribution >= 4 is 17.7 Å². The number of nitrogens with one attached hydrogen (secondary N) is 1. The number of aromatic nitrogens is 1. The van der Waals surface area contributed by atoms with Crippen molar-refractivity contribution in [2.24, 2.45) is 11.8 Å². The van der Waals surface area contributed by atoms with Crippen LogP contribution >= 0.6 is 0 Å². The molecule has 9 heteroatoms. The first-order valence-electron chi connectivity index (χ1n) is 13.9. The van der Waals surface area contributed by atoms with Crippen LogP contribution in [0.2, 0.25) is 0 Å². The van der Waals surface area contributed by atoms with Crippen LogP contribution in [-0.2, 0) is 33.8 Å². The molecule has 0 bridgehead atoms. The molecule has 0 unspecified atom stereocenters. The number of hydrogen-bond donors (Lipinski definition) is 1. The van der Waals surface area contributed by atoms with Crippen LogP contribution in [0.25, 0.3) is 0 Å². The molecule has 3 aromatic rings. The summed E-state index contributed by atoms with van der Waals surface area (Å²) in [5.74, 6) is -3.36. The summed E-state index contributed by atoms with van der Waals surface area (Å²) in [5.41, 5.74) is 2.87. The van der Waals surface area contributed by atoms with Gasteiger partial charge in [0.25, 0.3) is 0 Å². The highest BCUT2D eigenvalue weighted by molar-refractivity contribution is 6.00. The van der Waals surface area contributed by atoms with Crippen molar-refractivity contribution in [1.29, 1.82) is 0 Å². The Balaban J connectivity index is 1.56. The molecular weight excluding hydrogens is 526 g/mol. The quantitative estimate of drug-likeness (QED) is 0.448. The first kappa shape index (κ1) is 28.4. The lowest BCUT2D eigenvalue weighted by atomic mass is 9.87. The highest BCUT2D eigenvalue weighted by Gasteiger charge is 2.50. The Hall–Kier alpha value is -4.14. The number of amides is 3. The maximum absolute atomic E-state index is 15.4. The molecule has 1 N–H and O–H groups in total. The first-order chi connectivity index (χ1) is 19.6. The number of halogens is 2. The molecule has 1 fully saturated rings. The van der Waals surface area contributed by atoms with Gasteiger partial charge in [-0.25, -0.2) is 8.78 Å². The highest BCUT2D eigenvalue weighted by atomic mass is 19.1. The molecule has 5 rings (SSSR count). The predicted molar refractivity (Wildman–Crippen MR) is 149 cm³/mol. The van der Waals surface area contributed by atoms with Crippen molar-refractivity contribution in [2.45, 2.75) is 57.8 Å². The molecule has 0 radical (unpaired) electrons. The number of nitrogens with zero attached hydrogens (tertiary/aromatic N) is 3. The summed E-state index contributed by atoms with van der Waals surface area (Å²) < 4.78 is 29.4. The standard InChI is InChI=1S/C32H34F2N4O3/c1-19(2)14-27-30(39)36-28(23-15-21-6-4-5-7-22(21)16-23)31(40)38(27)29(25-9-8-24(33)17-26(25)34)32(41)37(3)18-20-10-12-35-13-11-20/h4-13,17,19,23,27-29H,14-16,18H2,1-3H3,(H,36,39)/t27-,28-,29-/m1/s1. The number of carbonyl (C=O) groups excluding carboxylic acids is 3. The van der Waals surface area contributed by atoms with Crippen LogP contribution in [0.1, 0.15) is 48.6 Å². The molecule has 0 spiro atoms. The fourth-order valence-corrected chi connectivity index (χ4v) is 6.05. The molecule has 7 nitrogen and oxygen atoms in total. The van der Waals surface area contributed by atoms with Gasteiger partial charge in [0.05, 0.1) is 0 Å². The van der Waals surface area contributed by atoms with E-state index in [0.717, 1.165) is 22.8 Å². The van der Waals surface area contributed by atoms with E-state index in [1.807, 2.05) is 38.1 Å². The average molecular weight is 561 g/mol. The Morgan fingerprint density at radius 2 is 1.71 bits per heavy atom. The van der Waals surface area contributed by atoms with Crippen molar-refractivity contribution in [3.63, 3.8) is 0 Å². The summed E-state index contributed by atoms with van der Waals surface area (Å²) in [6.45, 7) is 4.01. The zero-order chi connectivity index (χ0) is 29.3. The average Bonchev–Trinajstić information content (AvgIpc) is 3.37. The monoisotopic (exact) mass is 560 g/mol. The largest absolute Gasteiger partial charge is 0.342 e. The maximum atomic E-state index is 15.4. The van der Waals surface area contributed by atoms with E-state index in [1.165, 1.54) is 15.9 Å². The van der Waals surface area contributed by atoms with E-state index in [-0.39, 0.29) is 36.3 Å². The van der Waals surface area contributed by atoms with Crippen LogP contribution in [0.15, 0.2) is 67.0 Å². The third kappa shape index (κ3) is 5.85. The SMILES string of the molecule is CC(C)C[C@@H]1C(=O)N[C@H](C2Cc3ccccc3C2)C(=O)N1[C@@H](C(=O)N(C)Cc1ccncc1)c1ccc(F)cc1F. The van der Waals surface area contributed by atoms with Crippen molar-refractivity contribution in [3.05, 3.63) is 101 Å². The second-order valence-electron chi connectivity index (χ2n) is 11.4. The normalized spacial score (nSPS) is 19.7. The molecule has 1 aliphatic heterocycles. The van der Waals surface area contributed by atoms with E-state index < -0.39 is 41.6 Å².